The SMILES string of the molecule is O=C(O)C1CC1Cc1ccncc1. The zero-order valence-corrected chi connectivity index (χ0v) is 7.18. The summed E-state index contributed by atoms with van der Waals surface area (Å²) in [6.07, 6.45) is 5.19. The first kappa shape index (κ1) is 8.23. The molecule has 3 heteroatoms. The van der Waals surface area contributed by atoms with Gasteiger partial charge in [-0.25, -0.2) is 0 Å². The van der Waals surface area contributed by atoms with Crippen LogP contribution in [-0.4, -0.2) is 16.1 Å². The molecule has 0 aromatic carbocycles. The van der Waals surface area contributed by atoms with Crippen molar-refractivity contribution in [1.82, 2.24) is 4.98 Å². The average molecular weight is 177 g/mol. The van der Waals surface area contributed by atoms with Crippen molar-refractivity contribution in [1.29, 1.82) is 0 Å². The Bertz CT molecular complexity index is 310. The second-order valence-corrected chi connectivity index (χ2v) is 3.50. The number of hydrogen-bond donors (Lipinski definition) is 1. The number of pyridine rings is 1. The van der Waals surface area contributed by atoms with Gasteiger partial charge in [-0.15, -0.1) is 0 Å². The molecule has 0 spiro atoms. The fraction of sp³-hybridized carbons (Fsp3) is 0.400. The summed E-state index contributed by atoms with van der Waals surface area (Å²) in [4.78, 5) is 14.5. The summed E-state index contributed by atoms with van der Waals surface area (Å²) in [5.74, 6) is -0.410. The smallest absolute Gasteiger partial charge is 0.306 e. The Morgan fingerprint density at radius 3 is 2.77 bits per heavy atom. The van der Waals surface area contributed by atoms with E-state index in [2.05, 4.69) is 4.98 Å². The summed E-state index contributed by atoms with van der Waals surface area (Å²) in [5, 5.41) is 8.69. The number of aliphatic carboxylic acids is 1. The van der Waals surface area contributed by atoms with Crippen LogP contribution in [0.1, 0.15) is 12.0 Å². The van der Waals surface area contributed by atoms with Crippen LogP contribution in [0.25, 0.3) is 0 Å². The lowest BCUT2D eigenvalue weighted by atomic mass is 10.1. The van der Waals surface area contributed by atoms with E-state index < -0.39 is 5.97 Å². The van der Waals surface area contributed by atoms with Gasteiger partial charge in [-0.2, -0.15) is 0 Å². The van der Waals surface area contributed by atoms with Crippen molar-refractivity contribution in [3.8, 4) is 0 Å². The van der Waals surface area contributed by atoms with E-state index in [1.165, 1.54) is 5.56 Å². The Hall–Kier alpha value is -1.38. The number of hydrogen-bond acceptors (Lipinski definition) is 2. The van der Waals surface area contributed by atoms with Gasteiger partial charge in [-0.05, 0) is 36.5 Å². The molecule has 0 aliphatic heterocycles. The molecule has 1 N–H and O–H groups in total. The summed E-state index contributed by atoms with van der Waals surface area (Å²) < 4.78 is 0. The van der Waals surface area contributed by atoms with E-state index in [1.54, 1.807) is 12.4 Å². The van der Waals surface area contributed by atoms with Crippen LogP contribution in [-0.2, 0) is 11.2 Å². The van der Waals surface area contributed by atoms with E-state index in [4.69, 9.17) is 5.11 Å². The maximum atomic E-state index is 10.5. The van der Waals surface area contributed by atoms with E-state index in [1.807, 2.05) is 12.1 Å². The van der Waals surface area contributed by atoms with Gasteiger partial charge < -0.3 is 5.11 Å². The monoisotopic (exact) mass is 177 g/mol. The van der Waals surface area contributed by atoms with Gasteiger partial charge in [0.1, 0.15) is 0 Å². The van der Waals surface area contributed by atoms with Crippen molar-refractivity contribution in [2.75, 3.05) is 0 Å². The quantitative estimate of drug-likeness (QED) is 0.758. The molecule has 1 aromatic heterocycles. The third-order valence-corrected chi connectivity index (χ3v) is 2.49. The maximum absolute atomic E-state index is 10.5. The highest BCUT2D eigenvalue weighted by molar-refractivity contribution is 5.73. The fourth-order valence-corrected chi connectivity index (χ4v) is 1.60. The standard InChI is InChI=1S/C10H11NO2/c12-10(13)9-6-8(9)5-7-1-3-11-4-2-7/h1-4,8-9H,5-6H2,(H,12,13). The molecule has 13 heavy (non-hydrogen) atoms. The van der Waals surface area contributed by atoms with Gasteiger partial charge in [0.2, 0.25) is 0 Å². The van der Waals surface area contributed by atoms with Gasteiger partial charge in [0.25, 0.3) is 0 Å². The van der Waals surface area contributed by atoms with Crippen LogP contribution >= 0.6 is 0 Å². The number of carbonyl (C=O) groups is 1. The zero-order valence-electron chi connectivity index (χ0n) is 7.18. The third-order valence-electron chi connectivity index (χ3n) is 2.49. The molecular weight excluding hydrogens is 166 g/mol. The van der Waals surface area contributed by atoms with Gasteiger partial charge in [-0.1, -0.05) is 0 Å². The number of nitrogens with zero attached hydrogens (tertiary/aromatic N) is 1. The van der Waals surface area contributed by atoms with Crippen molar-refractivity contribution >= 4 is 5.97 Å². The highest BCUT2D eigenvalue weighted by atomic mass is 16.4. The minimum absolute atomic E-state index is 0.104. The highest BCUT2D eigenvalue weighted by Crippen LogP contribution is 2.40. The first-order valence-corrected chi connectivity index (χ1v) is 4.39. The molecule has 1 aliphatic rings. The van der Waals surface area contributed by atoms with Gasteiger partial charge >= 0.3 is 5.97 Å². The topological polar surface area (TPSA) is 50.2 Å². The number of aromatic nitrogens is 1. The van der Waals surface area contributed by atoms with Crippen LogP contribution in [0.15, 0.2) is 24.5 Å². The van der Waals surface area contributed by atoms with Crippen molar-refractivity contribution in [3.63, 3.8) is 0 Å². The lowest BCUT2D eigenvalue weighted by Gasteiger charge is -1.97. The summed E-state index contributed by atoms with van der Waals surface area (Å²) in [6.45, 7) is 0. The summed E-state index contributed by atoms with van der Waals surface area (Å²) >= 11 is 0. The second-order valence-electron chi connectivity index (χ2n) is 3.50. The minimum Gasteiger partial charge on any atom is -0.481 e. The van der Waals surface area contributed by atoms with E-state index >= 15 is 0 Å². The summed E-state index contributed by atoms with van der Waals surface area (Å²) in [7, 11) is 0. The van der Waals surface area contributed by atoms with E-state index in [-0.39, 0.29) is 5.92 Å². The average Bonchev–Trinajstić information content (AvgIpc) is 2.86. The summed E-state index contributed by atoms with van der Waals surface area (Å²) in [5.41, 5.74) is 1.18. The first-order valence-electron chi connectivity index (χ1n) is 4.39. The first-order chi connectivity index (χ1) is 6.27. The molecule has 0 amide bonds. The predicted octanol–water partition coefficient (Wildman–Crippen LogP) is 1.34. The number of carboxylic acids is 1. The normalized spacial score (nSPS) is 25.5. The molecule has 1 aromatic rings. The van der Waals surface area contributed by atoms with E-state index in [0.29, 0.717) is 5.92 Å². The largest absolute Gasteiger partial charge is 0.481 e. The van der Waals surface area contributed by atoms with Crippen LogP contribution in [0.2, 0.25) is 0 Å². The van der Waals surface area contributed by atoms with Crippen LogP contribution in [0.5, 0.6) is 0 Å². The predicted molar refractivity (Wildman–Crippen MR) is 47.2 cm³/mol. The molecule has 68 valence electrons. The summed E-state index contributed by atoms with van der Waals surface area (Å²) in [6, 6.07) is 3.88. The van der Waals surface area contributed by atoms with Gasteiger partial charge in [0.15, 0.2) is 0 Å². The molecule has 0 radical (unpaired) electrons. The molecule has 2 unspecified atom stereocenters. The Labute approximate surface area is 76.4 Å². The van der Waals surface area contributed by atoms with Gasteiger partial charge in [-0.3, -0.25) is 9.78 Å². The van der Waals surface area contributed by atoms with Crippen LogP contribution in [0.4, 0.5) is 0 Å². The van der Waals surface area contributed by atoms with Gasteiger partial charge in [0.05, 0.1) is 5.92 Å². The Balaban J connectivity index is 1.92. The maximum Gasteiger partial charge on any atom is 0.306 e. The molecule has 0 bridgehead atoms. The van der Waals surface area contributed by atoms with Crippen molar-refractivity contribution in [2.24, 2.45) is 11.8 Å². The van der Waals surface area contributed by atoms with E-state index in [0.717, 1.165) is 12.8 Å². The van der Waals surface area contributed by atoms with Crippen LogP contribution < -0.4 is 0 Å². The van der Waals surface area contributed by atoms with Crippen LogP contribution in [0, 0.1) is 11.8 Å². The lowest BCUT2D eigenvalue weighted by molar-refractivity contribution is -0.138. The molecule has 1 fully saturated rings. The Morgan fingerprint density at radius 1 is 1.54 bits per heavy atom. The molecule has 3 nitrogen and oxygen atoms in total. The van der Waals surface area contributed by atoms with Gasteiger partial charge in [0, 0.05) is 12.4 Å². The Kier molecular flexibility index (Phi) is 2.00. The van der Waals surface area contributed by atoms with Crippen molar-refractivity contribution < 1.29 is 9.90 Å². The van der Waals surface area contributed by atoms with Crippen molar-refractivity contribution in [3.05, 3.63) is 30.1 Å². The lowest BCUT2D eigenvalue weighted by Crippen LogP contribution is -2.01. The molecule has 1 aliphatic carbocycles. The molecule has 1 heterocycles. The second kappa shape index (κ2) is 3.17. The fourth-order valence-electron chi connectivity index (χ4n) is 1.60. The minimum atomic E-state index is -0.654. The molecule has 1 saturated carbocycles. The van der Waals surface area contributed by atoms with E-state index in [9.17, 15) is 4.79 Å². The zero-order chi connectivity index (χ0) is 9.26. The molecule has 0 saturated heterocycles. The highest BCUT2D eigenvalue weighted by Gasteiger charge is 2.42. The molecule has 2 rings (SSSR count). The molecule has 2 atom stereocenters. The Morgan fingerprint density at radius 2 is 2.23 bits per heavy atom. The number of rotatable bonds is 3. The number of carboxylic acid groups (broad SMARTS) is 1. The van der Waals surface area contributed by atoms with Crippen LogP contribution in [0.3, 0.4) is 0 Å². The molecular formula is C10H11NO2. The third kappa shape index (κ3) is 1.86. The van der Waals surface area contributed by atoms with Crippen molar-refractivity contribution in [2.45, 2.75) is 12.8 Å².